The summed E-state index contributed by atoms with van der Waals surface area (Å²) in [6.07, 6.45) is 0. The van der Waals surface area contributed by atoms with Gasteiger partial charge in [0.05, 0.1) is 28.4 Å². The van der Waals surface area contributed by atoms with Gasteiger partial charge in [-0.1, -0.05) is 48.5 Å². The third-order valence-electron chi connectivity index (χ3n) is 5.52. The molecule has 0 aliphatic carbocycles. The highest BCUT2D eigenvalue weighted by Crippen LogP contribution is 2.30. The largest absolute Gasteiger partial charge is 0.319 e. The quantitative estimate of drug-likeness (QED) is 0.354. The number of anilines is 1. The number of aromatic nitrogens is 4. The summed E-state index contributed by atoms with van der Waals surface area (Å²) in [6, 6.07) is 23.0. The molecule has 166 valence electrons. The van der Waals surface area contributed by atoms with Gasteiger partial charge in [-0.2, -0.15) is 8.75 Å². The van der Waals surface area contributed by atoms with E-state index in [1.54, 1.807) is 36.4 Å². The first-order valence-electron chi connectivity index (χ1n) is 10.3. The molecule has 2 N–H and O–H groups in total. The van der Waals surface area contributed by atoms with Gasteiger partial charge < -0.3 is 4.98 Å². The molecule has 34 heavy (non-hydrogen) atoms. The summed E-state index contributed by atoms with van der Waals surface area (Å²) in [6.45, 7) is 0. The topological polar surface area (TPSA) is 118 Å². The third kappa shape index (κ3) is 3.40. The maximum Gasteiger partial charge on any atom is 0.275 e. The normalized spacial score (nSPS) is 11.9. The van der Waals surface area contributed by atoms with E-state index in [-0.39, 0.29) is 16.3 Å². The van der Waals surface area contributed by atoms with Crippen LogP contribution < -0.4 is 10.3 Å². The van der Waals surface area contributed by atoms with E-state index < -0.39 is 15.6 Å². The average molecular weight is 486 g/mol. The first kappa shape index (κ1) is 20.5. The van der Waals surface area contributed by atoms with Crippen molar-refractivity contribution in [3.63, 3.8) is 0 Å². The van der Waals surface area contributed by atoms with Gasteiger partial charge in [-0.05, 0) is 41.1 Å². The predicted molar refractivity (Wildman–Crippen MR) is 134 cm³/mol. The molecule has 0 atom stereocenters. The molecule has 4 aromatic carbocycles. The molecule has 0 aliphatic rings. The lowest BCUT2D eigenvalue weighted by Crippen LogP contribution is -2.16. The highest BCUT2D eigenvalue weighted by Gasteiger charge is 2.22. The van der Waals surface area contributed by atoms with Crippen LogP contribution >= 0.6 is 11.7 Å². The average Bonchev–Trinajstić information content (AvgIpc) is 3.32. The molecule has 0 saturated carbocycles. The summed E-state index contributed by atoms with van der Waals surface area (Å²) in [5.41, 5.74) is 2.31. The Morgan fingerprint density at radius 3 is 2.44 bits per heavy atom. The zero-order valence-electron chi connectivity index (χ0n) is 17.4. The third-order valence-corrected chi connectivity index (χ3v) is 7.46. The molecule has 2 heterocycles. The molecule has 0 radical (unpaired) electrons. The number of nitrogens with one attached hydrogen (secondary N) is 2. The number of hydrogen-bond donors (Lipinski definition) is 2. The Morgan fingerprint density at radius 1 is 0.824 bits per heavy atom. The van der Waals surface area contributed by atoms with Crippen LogP contribution in [0.25, 0.3) is 44.1 Å². The van der Waals surface area contributed by atoms with Crippen LogP contribution in [0, 0.1) is 0 Å². The van der Waals surface area contributed by atoms with Crippen LogP contribution in [-0.2, 0) is 10.0 Å². The molecule has 6 aromatic rings. The van der Waals surface area contributed by atoms with Gasteiger partial charge in [-0.3, -0.25) is 9.52 Å². The number of hydrogen-bond acceptors (Lipinski definition) is 7. The van der Waals surface area contributed by atoms with Crippen molar-refractivity contribution in [2.45, 2.75) is 4.90 Å². The molecule has 0 amide bonds. The summed E-state index contributed by atoms with van der Waals surface area (Å²) < 4.78 is 37.4. The van der Waals surface area contributed by atoms with Crippen LogP contribution in [0.2, 0.25) is 0 Å². The molecule has 0 fully saturated rings. The SMILES string of the molecule is O=c1[nH]c2cc3ccccc3cc2nc1-c1ccccc1NS(=O)(=O)c1cccc2nsnc12. The first-order valence-corrected chi connectivity index (χ1v) is 12.5. The lowest BCUT2D eigenvalue weighted by atomic mass is 10.1. The number of para-hydroxylation sites is 1. The smallest absolute Gasteiger partial charge is 0.275 e. The molecule has 0 unspecified atom stereocenters. The van der Waals surface area contributed by atoms with Gasteiger partial charge >= 0.3 is 0 Å². The number of aromatic amines is 1. The molecule has 0 saturated heterocycles. The van der Waals surface area contributed by atoms with Gasteiger partial charge in [0, 0.05) is 5.56 Å². The number of benzene rings is 4. The number of rotatable bonds is 4. The molecule has 10 heteroatoms. The zero-order chi connectivity index (χ0) is 23.3. The lowest BCUT2D eigenvalue weighted by molar-refractivity contribution is 0.602. The van der Waals surface area contributed by atoms with Crippen molar-refractivity contribution in [2.24, 2.45) is 0 Å². The number of fused-ring (bicyclic) bond motifs is 3. The van der Waals surface area contributed by atoms with E-state index in [1.165, 1.54) is 6.07 Å². The van der Waals surface area contributed by atoms with Gasteiger partial charge in [0.25, 0.3) is 15.6 Å². The second-order valence-corrected chi connectivity index (χ2v) is 9.85. The fourth-order valence-corrected chi connectivity index (χ4v) is 5.78. The fraction of sp³-hybridized carbons (Fsp3) is 0. The number of H-pyrrole nitrogens is 1. The highest BCUT2D eigenvalue weighted by molar-refractivity contribution is 7.93. The highest BCUT2D eigenvalue weighted by atomic mass is 32.2. The molecule has 0 bridgehead atoms. The van der Waals surface area contributed by atoms with E-state index in [9.17, 15) is 13.2 Å². The van der Waals surface area contributed by atoms with Crippen molar-refractivity contribution in [3.05, 3.63) is 89.2 Å². The van der Waals surface area contributed by atoms with Crippen molar-refractivity contribution in [1.29, 1.82) is 0 Å². The van der Waals surface area contributed by atoms with E-state index in [4.69, 9.17) is 0 Å². The Bertz CT molecular complexity index is 1890. The molecular formula is C24H15N5O3S2. The summed E-state index contributed by atoms with van der Waals surface area (Å²) >= 11 is 0.946. The van der Waals surface area contributed by atoms with Crippen molar-refractivity contribution >= 4 is 60.3 Å². The predicted octanol–water partition coefficient (Wildman–Crippen LogP) is 4.55. The minimum atomic E-state index is -4.01. The number of sulfonamides is 1. The van der Waals surface area contributed by atoms with Gasteiger partial charge in [-0.25, -0.2) is 13.4 Å². The maximum absolute atomic E-state index is 13.3. The maximum atomic E-state index is 13.3. The van der Waals surface area contributed by atoms with Crippen LogP contribution in [0.4, 0.5) is 5.69 Å². The van der Waals surface area contributed by atoms with Gasteiger partial charge in [0.15, 0.2) is 0 Å². The summed E-state index contributed by atoms with van der Waals surface area (Å²) in [5, 5.41) is 1.97. The van der Waals surface area contributed by atoms with Crippen LogP contribution in [0.15, 0.2) is 88.6 Å². The fourth-order valence-electron chi connectivity index (χ4n) is 3.93. The summed E-state index contributed by atoms with van der Waals surface area (Å²) in [5.74, 6) is 0. The molecule has 0 aliphatic heterocycles. The second kappa shape index (κ2) is 7.72. The minimum Gasteiger partial charge on any atom is -0.319 e. The van der Waals surface area contributed by atoms with Crippen LogP contribution in [0.3, 0.4) is 0 Å². The number of nitrogens with zero attached hydrogens (tertiary/aromatic N) is 3. The Labute approximate surface area is 197 Å². The van der Waals surface area contributed by atoms with Crippen molar-refractivity contribution in [3.8, 4) is 11.3 Å². The Kier molecular flexibility index (Phi) is 4.64. The molecular weight excluding hydrogens is 470 g/mol. The first-order chi connectivity index (χ1) is 16.5. The summed E-state index contributed by atoms with van der Waals surface area (Å²) in [4.78, 5) is 20.5. The summed E-state index contributed by atoms with van der Waals surface area (Å²) in [7, 11) is -4.01. The van der Waals surface area contributed by atoms with Gasteiger partial charge in [-0.15, -0.1) is 0 Å². The minimum absolute atomic E-state index is 0.0143. The van der Waals surface area contributed by atoms with Crippen LogP contribution in [0.1, 0.15) is 0 Å². The lowest BCUT2D eigenvalue weighted by Gasteiger charge is -2.13. The Balaban J connectivity index is 1.49. The second-order valence-electron chi connectivity index (χ2n) is 7.67. The molecule has 2 aromatic heterocycles. The van der Waals surface area contributed by atoms with E-state index in [0.29, 0.717) is 27.6 Å². The molecule has 8 nitrogen and oxygen atoms in total. The standard InChI is InChI=1S/C24H15N5O3S2/c30-24-22(25-19-12-14-6-1-2-7-15(14)13-20(19)26-24)16-8-3-4-9-17(16)29-34(31,32)21-11-5-10-18-23(21)28-33-27-18/h1-13,29H,(H,26,30). The monoisotopic (exact) mass is 485 g/mol. The van der Waals surface area contributed by atoms with Crippen molar-refractivity contribution in [1.82, 2.24) is 18.7 Å². The Morgan fingerprint density at radius 2 is 1.59 bits per heavy atom. The zero-order valence-corrected chi connectivity index (χ0v) is 19.0. The van der Waals surface area contributed by atoms with Crippen LogP contribution in [0.5, 0.6) is 0 Å². The Hall–Kier alpha value is -4.15. The van der Waals surface area contributed by atoms with Gasteiger partial charge in [0.1, 0.15) is 21.6 Å². The molecule has 6 rings (SSSR count). The molecule has 0 spiro atoms. The van der Waals surface area contributed by atoms with Crippen molar-refractivity contribution in [2.75, 3.05) is 4.72 Å². The van der Waals surface area contributed by atoms with E-state index >= 15 is 0 Å². The van der Waals surface area contributed by atoms with Crippen LogP contribution in [-0.4, -0.2) is 27.1 Å². The van der Waals surface area contributed by atoms with E-state index in [2.05, 4.69) is 23.4 Å². The van der Waals surface area contributed by atoms with E-state index in [0.717, 1.165) is 22.5 Å². The van der Waals surface area contributed by atoms with Crippen molar-refractivity contribution < 1.29 is 8.42 Å². The van der Waals surface area contributed by atoms with E-state index in [1.807, 2.05) is 36.4 Å². The van der Waals surface area contributed by atoms with Gasteiger partial charge in [0.2, 0.25) is 0 Å².